The molecule has 0 amide bonds. The van der Waals surface area contributed by atoms with Gasteiger partial charge in [-0.3, -0.25) is 4.79 Å². The minimum absolute atomic E-state index is 0.109. The van der Waals surface area contributed by atoms with Crippen molar-refractivity contribution in [3.63, 3.8) is 0 Å². The molecule has 0 spiro atoms. The Hall–Kier alpha value is -1.97. The van der Waals surface area contributed by atoms with Gasteiger partial charge in [-0.05, 0) is 57.7 Å². The summed E-state index contributed by atoms with van der Waals surface area (Å²) in [5.41, 5.74) is 0.283. The monoisotopic (exact) mass is 662 g/mol. The molecule has 0 heterocycles. The quantitative estimate of drug-likeness (QED) is 0.0990. The van der Waals surface area contributed by atoms with Gasteiger partial charge in [0.05, 0.1) is 42.8 Å². The average molecular weight is 663 g/mol. The molecular weight excluding hydrogens is 603 g/mol. The van der Waals surface area contributed by atoms with Crippen molar-refractivity contribution in [3.05, 3.63) is 40.9 Å². The smallest absolute Gasteiger partial charge is 0.191 e. The Labute approximate surface area is 281 Å². The Morgan fingerprint density at radius 2 is 1.18 bits per heavy atom. The highest BCUT2D eigenvalue weighted by atomic mass is 35.5. The summed E-state index contributed by atoms with van der Waals surface area (Å²) in [5, 5.41) is 1.15. The van der Waals surface area contributed by atoms with Gasteiger partial charge in [-0.1, -0.05) is 117 Å². The largest absolute Gasteiger partial charge is 0.496 e. The predicted octanol–water partition coefficient (Wildman–Crippen LogP) is 11.3. The first-order valence-corrected chi connectivity index (χ1v) is 18.9. The van der Waals surface area contributed by atoms with Crippen molar-refractivity contribution in [2.75, 3.05) is 26.9 Å². The minimum atomic E-state index is -0.256. The number of carbonyl (C=O) groups is 1. The highest BCUT2D eigenvalue weighted by molar-refractivity contribution is 7.66. The lowest BCUT2D eigenvalue weighted by Crippen LogP contribution is -2.19. The molecule has 0 bridgehead atoms. The summed E-state index contributed by atoms with van der Waals surface area (Å²) in [7, 11) is 1.31. The van der Waals surface area contributed by atoms with E-state index in [1.165, 1.54) is 25.7 Å². The third-order valence-electron chi connectivity index (χ3n) is 8.76. The Bertz CT molecular complexity index is 1080. The number of hydrogen-bond acceptors (Lipinski definition) is 5. The second-order valence-electron chi connectivity index (χ2n) is 12.2. The van der Waals surface area contributed by atoms with Crippen molar-refractivity contribution in [1.29, 1.82) is 0 Å². The number of ether oxygens (including phenoxy) is 4. The first kappa shape index (κ1) is 39.2. The summed E-state index contributed by atoms with van der Waals surface area (Å²) in [4.78, 5) is 13.9. The predicted molar refractivity (Wildman–Crippen MR) is 193 cm³/mol. The molecule has 2 aromatic rings. The molecule has 0 aliphatic heterocycles. The van der Waals surface area contributed by atoms with Gasteiger partial charge in [0.2, 0.25) is 0 Å². The van der Waals surface area contributed by atoms with Gasteiger partial charge in [0.25, 0.3) is 0 Å². The average Bonchev–Trinajstić information content (AvgIpc) is 3.05. The molecule has 0 radical (unpaired) electrons. The van der Waals surface area contributed by atoms with Crippen LogP contribution < -0.4 is 24.3 Å². The number of hydrogen-bond donors (Lipinski definition) is 0. The highest BCUT2D eigenvalue weighted by Gasteiger charge is 2.24. The van der Waals surface area contributed by atoms with Crippen molar-refractivity contribution < 1.29 is 23.7 Å². The van der Waals surface area contributed by atoms with Crippen LogP contribution in [0.4, 0.5) is 0 Å². The number of methoxy groups -OCH3 is 1. The van der Waals surface area contributed by atoms with E-state index >= 15 is 0 Å². The molecule has 0 saturated carbocycles. The molecule has 0 N–H and O–H groups in total. The van der Waals surface area contributed by atoms with Crippen LogP contribution in [-0.4, -0.2) is 32.5 Å². The number of halogens is 1. The van der Waals surface area contributed by atoms with Crippen LogP contribution in [0.25, 0.3) is 0 Å². The Morgan fingerprint density at radius 3 is 1.60 bits per heavy atom. The molecule has 0 saturated heterocycles. The van der Waals surface area contributed by atoms with E-state index in [1.54, 1.807) is 25.3 Å². The van der Waals surface area contributed by atoms with Crippen LogP contribution in [0.1, 0.15) is 129 Å². The topological polar surface area (TPSA) is 54.0 Å². The summed E-state index contributed by atoms with van der Waals surface area (Å²) in [6.07, 6.45) is 13.6. The molecule has 4 atom stereocenters. The van der Waals surface area contributed by atoms with E-state index in [9.17, 15) is 4.79 Å². The highest BCUT2D eigenvalue weighted by Crippen LogP contribution is 2.39. The van der Waals surface area contributed by atoms with Gasteiger partial charge < -0.3 is 18.9 Å². The summed E-state index contributed by atoms with van der Waals surface area (Å²) in [6.45, 7) is 15.2. The Kier molecular flexibility index (Phi) is 19.6. The van der Waals surface area contributed by atoms with Gasteiger partial charge >= 0.3 is 0 Å². The van der Waals surface area contributed by atoms with Crippen LogP contribution in [0, 0.1) is 17.8 Å². The zero-order valence-corrected chi connectivity index (χ0v) is 30.9. The van der Waals surface area contributed by atoms with E-state index < -0.39 is 0 Å². The minimum Gasteiger partial charge on any atom is -0.496 e. The third-order valence-corrected chi connectivity index (χ3v) is 10.3. The van der Waals surface area contributed by atoms with Crippen molar-refractivity contribution in [3.8, 4) is 23.0 Å². The molecule has 0 aromatic heterocycles. The van der Waals surface area contributed by atoms with Gasteiger partial charge in [0.15, 0.2) is 5.52 Å². The van der Waals surface area contributed by atoms with Crippen LogP contribution >= 0.6 is 20.2 Å². The molecule has 0 aliphatic carbocycles. The zero-order valence-electron chi connectivity index (χ0n) is 29.1. The van der Waals surface area contributed by atoms with E-state index in [4.69, 9.17) is 30.5 Å². The molecule has 0 aliphatic rings. The maximum atomic E-state index is 13.9. The number of rotatable bonds is 25. The molecule has 5 nitrogen and oxygen atoms in total. The summed E-state index contributed by atoms with van der Waals surface area (Å²) in [6, 6.07) is 9.24. The van der Waals surface area contributed by atoms with Crippen LogP contribution in [0.2, 0.25) is 5.02 Å². The maximum Gasteiger partial charge on any atom is 0.191 e. The fourth-order valence-corrected chi connectivity index (χ4v) is 6.87. The number of unbranched alkanes of at least 4 members (excludes halogenated alkanes) is 3. The standard InChI is InChI=1S/C38H60ClO5P/c1-8-14-18-28(11-4)25-42-31-23-34(43-26-29(12-5)19-15-9-2)37(35(24-31)44-27-30(13-6)20-16-10-3)45-38(40)36-32(39)21-17-22-33(36)41-7/h17,21-24,28-30,45H,8-16,18-20,25-27H2,1-7H3. The normalized spacial score (nSPS) is 13.5. The summed E-state index contributed by atoms with van der Waals surface area (Å²) in [5.74, 6) is 3.90. The molecule has 254 valence electrons. The first-order chi connectivity index (χ1) is 21.8. The van der Waals surface area contributed by atoms with Gasteiger partial charge in [-0.25, -0.2) is 0 Å². The van der Waals surface area contributed by atoms with Crippen LogP contribution in [0.15, 0.2) is 30.3 Å². The van der Waals surface area contributed by atoms with E-state index in [2.05, 4.69) is 41.5 Å². The van der Waals surface area contributed by atoms with Gasteiger partial charge in [0, 0.05) is 12.1 Å². The summed E-state index contributed by atoms with van der Waals surface area (Å²) >= 11 is 6.56. The molecule has 2 rings (SSSR count). The van der Waals surface area contributed by atoms with Gasteiger partial charge in [-0.15, -0.1) is 0 Å². The Balaban J connectivity index is 2.56. The van der Waals surface area contributed by atoms with Crippen molar-refractivity contribution >= 4 is 31.0 Å². The second-order valence-corrected chi connectivity index (χ2v) is 13.9. The van der Waals surface area contributed by atoms with E-state index in [1.807, 2.05) is 12.1 Å². The molecule has 2 aromatic carbocycles. The van der Waals surface area contributed by atoms with Gasteiger partial charge in [0.1, 0.15) is 23.0 Å². The number of carbonyl (C=O) groups excluding carboxylic acids is 1. The molecule has 0 fully saturated rings. The van der Waals surface area contributed by atoms with Crippen molar-refractivity contribution in [2.45, 2.75) is 119 Å². The van der Waals surface area contributed by atoms with E-state index in [0.717, 1.165) is 62.4 Å². The van der Waals surface area contributed by atoms with Crippen LogP contribution in [0.3, 0.4) is 0 Å². The third kappa shape index (κ3) is 13.3. The number of benzene rings is 2. The molecule has 7 heteroatoms. The molecule has 45 heavy (non-hydrogen) atoms. The van der Waals surface area contributed by atoms with Crippen LogP contribution in [-0.2, 0) is 0 Å². The fraction of sp³-hybridized carbons (Fsp3) is 0.658. The lowest BCUT2D eigenvalue weighted by Gasteiger charge is -2.23. The molecular formula is C38H60ClO5P. The van der Waals surface area contributed by atoms with E-state index in [-0.39, 0.29) is 14.1 Å². The van der Waals surface area contributed by atoms with Crippen molar-refractivity contribution in [1.82, 2.24) is 0 Å². The zero-order chi connectivity index (χ0) is 33.0. The maximum absolute atomic E-state index is 13.9. The van der Waals surface area contributed by atoms with Crippen LogP contribution in [0.5, 0.6) is 23.0 Å². The fourth-order valence-electron chi connectivity index (χ4n) is 5.39. The lowest BCUT2D eigenvalue weighted by molar-refractivity contribution is 0.108. The van der Waals surface area contributed by atoms with Gasteiger partial charge in [-0.2, -0.15) is 0 Å². The SMILES string of the molecule is CCCCC(CC)COc1cc(OCC(CC)CCCC)c(PC(=O)c2c(Cl)cccc2OC)c(OCC(CC)CCCC)c1. The Morgan fingerprint density at radius 1 is 0.711 bits per heavy atom. The van der Waals surface area contributed by atoms with E-state index in [0.29, 0.717) is 65.4 Å². The first-order valence-electron chi connectivity index (χ1n) is 17.5. The summed E-state index contributed by atoms with van der Waals surface area (Å²) < 4.78 is 25.2. The lowest BCUT2D eigenvalue weighted by atomic mass is 10.0. The molecule has 4 unspecified atom stereocenters. The second kappa shape index (κ2) is 22.5. The van der Waals surface area contributed by atoms with Crippen molar-refractivity contribution in [2.24, 2.45) is 17.8 Å².